The number of aromatic nitrogens is 2. The molecule has 0 radical (unpaired) electrons. The molecule has 0 N–H and O–H groups in total. The number of furan rings is 1. The molecule has 10 aromatic rings. The van der Waals surface area contributed by atoms with Gasteiger partial charge in [-0.25, -0.2) is 0 Å². The minimum atomic E-state index is 0.107. The number of rotatable bonds is 2. The maximum atomic E-state index is 6.44. The van der Waals surface area contributed by atoms with Crippen molar-refractivity contribution in [1.82, 2.24) is 9.13 Å². The molecule has 1 aliphatic rings. The van der Waals surface area contributed by atoms with E-state index in [0.29, 0.717) is 0 Å². The van der Waals surface area contributed by atoms with Gasteiger partial charge in [-0.05, 0) is 106 Å². The minimum Gasteiger partial charge on any atom is -0.456 e. The van der Waals surface area contributed by atoms with E-state index in [0.717, 1.165) is 27.6 Å². The first-order valence-electron chi connectivity index (χ1n) is 18.2. The number of benzene rings is 7. The molecule has 3 heterocycles. The van der Waals surface area contributed by atoms with Crippen molar-refractivity contribution in [1.29, 1.82) is 0 Å². The highest BCUT2D eigenvalue weighted by molar-refractivity contribution is 6.26. The monoisotopic (exact) mass is 658 g/mol. The summed E-state index contributed by atoms with van der Waals surface area (Å²) in [5.41, 5.74) is 12.2. The van der Waals surface area contributed by atoms with Crippen molar-refractivity contribution in [2.45, 2.75) is 51.4 Å². The van der Waals surface area contributed by atoms with Crippen LogP contribution in [0.4, 0.5) is 0 Å². The van der Waals surface area contributed by atoms with Crippen LogP contribution in [0.5, 0.6) is 0 Å². The lowest BCUT2D eigenvalue weighted by Crippen LogP contribution is -2.33. The van der Waals surface area contributed by atoms with Crippen LogP contribution in [-0.4, -0.2) is 9.13 Å². The van der Waals surface area contributed by atoms with Gasteiger partial charge < -0.3 is 13.6 Å². The van der Waals surface area contributed by atoms with Crippen LogP contribution in [-0.2, 0) is 10.8 Å². The SMILES string of the molecule is CC1(C)CCC(C)(C)c2cc3c(cc21)c1cc2c(cc1n3-c1ccccc1)c1c3ccccc3ccc1n2-c1cccc2oc3ccccc3c12. The molecule has 11 rings (SSSR count). The van der Waals surface area contributed by atoms with Crippen molar-refractivity contribution in [3.63, 3.8) is 0 Å². The van der Waals surface area contributed by atoms with E-state index >= 15 is 0 Å². The van der Waals surface area contributed by atoms with Gasteiger partial charge in [0.25, 0.3) is 0 Å². The van der Waals surface area contributed by atoms with Gasteiger partial charge in [-0.2, -0.15) is 0 Å². The molecule has 0 saturated heterocycles. The first kappa shape index (κ1) is 29.0. The van der Waals surface area contributed by atoms with E-state index < -0.39 is 0 Å². The molecular formula is C48H38N2O. The van der Waals surface area contributed by atoms with Crippen molar-refractivity contribution in [3.05, 3.63) is 145 Å². The van der Waals surface area contributed by atoms with Crippen LogP contribution in [0.1, 0.15) is 51.7 Å². The second-order valence-corrected chi connectivity index (χ2v) is 16.0. The summed E-state index contributed by atoms with van der Waals surface area (Å²) in [6.07, 6.45) is 2.37. The predicted molar refractivity (Wildman–Crippen MR) is 215 cm³/mol. The van der Waals surface area contributed by atoms with Crippen LogP contribution in [0.15, 0.2) is 138 Å². The second-order valence-electron chi connectivity index (χ2n) is 16.0. The van der Waals surface area contributed by atoms with Gasteiger partial charge in [-0.3, -0.25) is 0 Å². The first-order valence-corrected chi connectivity index (χ1v) is 18.2. The molecule has 3 nitrogen and oxygen atoms in total. The Labute approximate surface area is 296 Å². The topological polar surface area (TPSA) is 23.0 Å². The zero-order valence-electron chi connectivity index (χ0n) is 29.4. The molecule has 0 amide bonds. The molecule has 1 aliphatic carbocycles. The molecule has 0 saturated carbocycles. The lowest BCUT2D eigenvalue weighted by atomic mass is 9.63. The van der Waals surface area contributed by atoms with Crippen LogP contribution in [0.25, 0.3) is 87.7 Å². The summed E-state index contributed by atoms with van der Waals surface area (Å²) in [5, 5.41) is 9.92. The number of hydrogen-bond acceptors (Lipinski definition) is 1. The first-order chi connectivity index (χ1) is 24.8. The maximum Gasteiger partial charge on any atom is 0.137 e. The van der Waals surface area contributed by atoms with Gasteiger partial charge in [0, 0.05) is 32.6 Å². The molecule has 0 fully saturated rings. The van der Waals surface area contributed by atoms with Crippen molar-refractivity contribution in [2.75, 3.05) is 0 Å². The molecule has 3 heteroatoms. The van der Waals surface area contributed by atoms with Gasteiger partial charge in [0.15, 0.2) is 0 Å². The molecule has 51 heavy (non-hydrogen) atoms. The molecule has 0 aliphatic heterocycles. The fourth-order valence-corrected chi connectivity index (χ4v) is 9.41. The van der Waals surface area contributed by atoms with Gasteiger partial charge in [0.2, 0.25) is 0 Å². The van der Waals surface area contributed by atoms with Crippen LogP contribution in [0.2, 0.25) is 0 Å². The Hall–Kier alpha value is -5.80. The Kier molecular flexibility index (Phi) is 5.64. The fourth-order valence-electron chi connectivity index (χ4n) is 9.41. The van der Waals surface area contributed by atoms with Crippen molar-refractivity contribution < 1.29 is 4.42 Å². The summed E-state index contributed by atoms with van der Waals surface area (Å²) in [6.45, 7) is 9.72. The van der Waals surface area contributed by atoms with E-state index in [2.05, 4.69) is 170 Å². The maximum absolute atomic E-state index is 6.44. The van der Waals surface area contributed by atoms with Gasteiger partial charge in [-0.1, -0.05) is 100 Å². The average molecular weight is 659 g/mol. The van der Waals surface area contributed by atoms with E-state index in [9.17, 15) is 0 Å². The molecule has 7 aromatic carbocycles. The predicted octanol–water partition coefficient (Wildman–Crippen LogP) is 13.3. The number of hydrogen-bond donors (Lipinski definition) is 0. The van der Waals surface area contributed by atoms with Gasteiger partial charge >= 0.3 is 0 Å². The van der Waals surface area contributed by atoms with Crippen molar-refractivity contribution in [3.8, 4) is 11.4 Å². The Morgan fingerprint density at radius 2 is 1.08 bits per heavy atom. The zero-order chi connectivity index (χ0) is 34.2. The van der Waals surface area contributed by atoms with Gasteiger partial charge in [-0.15, -0.1) is 0 Å². The van der Waals surface area contributed by atoms with Gasteiger partial charge in [0.1, 0.15) is 11.2 Å². The third kappa shape index (κ3) is 3.89. The summed E-state index contributed by atoms with van der Waals surface area (Å²) in [5.74, 6) is 0. The smallest absolute Gasteiger partial charge is 0.137 e. The summed E-state index contributed by atoms with van der Waals surface area (Å²) in [4.78, 5) is 0. The Bertz CT molecular complexity index is 3080. The van der Waals surface area contributed by atoms with Crippen LogP contribution in [0, 0.1) is 0 Å². The third-order valence-corrected chi connectivity index (χ3v) is 12.1. The second kappa shape index (κ2) is 9.92. The molecule has 0 atom stereocenters. The zero-order valence-corrected chi connectivity index (χ0v) is 29.4. The lowest BCUT2D eigenvalue weighted by Gasteiger charge is -2.42. The fraction of sp³-hybridized carbons (Fsp3) is 0.167. The highest BCUT2D eigenvalue weighted by Crippen LogP contribution is 2.50. The Balaban J connectivity index is 1.37. The van der Waals surface area contributed by atoms with Gasteiger partial charge in [0.05, 0.1) is 33.1 Å². The molecule has 0 bridgehead atoms. The summed E-state index contributed by atoms with van der Waals surface area (Å²) < 4.78 is 11.5. The largest absolute Gasteiger partial charge is 0.456 e. The quantitative estimate of drug-likeness (QED) is 0.181. The summed E-state index contributed by atoms with van der Waals surface area (Å²) in [7, 11) is 0. The van der Waals surface area contributed by atoms with Crippen LogP contribution in [0.3, 0.4) is 0 Å². The standard InChI is InChI=1S/C48H38N2O/c1-47(2)23-24-48(3,4)37-28-42-33(25-36(37)47)34-26-41-35(27-40(34)49(42)30-14-6-5-7-15-30)45-31-16-9-8-13-29(31)21-22-39(45)50(41)38-18-12-20-44-46(38)32-17-10-11-19-43(32)51-44/h5-22,25-28H,23-24H2,1-4H3. The molecule has 0 unspecified atom stereocenters. The van der Waals surface area contributed by atoms with E-state index in [1.807, 2.05) is 0 Å². The number of fused-ring (bicyclic) bond motifs is 12. The lowest BCUT2D eigenvalue weighted by molar-refractivity contribution is 0.332. The molecule has 0 spiro atoms. The average Bonchev–Trinajstić information content (AvgIpc) is 3.79. The summed E-state index contributed by atoms with van der Waals surface area (Å²) >= 11 is 0. The van der Waals surface area contributed by atoms with Crippen LogP contribution < -0.4 is 0 Å². The Morgan fingerprint density at radius 3 is 1.90 bits per heavy atom. The number of nitrogens with zero attached hydrogens (tertiary/aromatic N) is 2. The van der Waals surface area contributed by atoms with E-state index in [1.165, 1.54) is 84.0 Å². The van der Waals surface area contributed by atoms with Crippen molar-refractivity contribution in [2.24, 2.45) is 0 Å². The van der Waals surface area contributed by atoms with Crippen LogP contribution >= 0.6 is 0 Å². The summed E-state index contributed by atoms with van der Waals surface area (Å²) in [6, 6.07) is 49.3. The normalized spacial score (nSPS) is 15.6. The Morgan fingerprint density at radius 1 is 0.451 bits per heavy atom. The number of para-hydroxylation sites is 2. The highest BCUT2D eigenvalue weighted by Gasteiger charge is 2.38. The van der Waals surface area contributed by atoms with E-state index in [1.54, 1.807) is 0 Å². The van der Waals surface area contributed by atoms with Crippen molar-refractivity contribution >= 4 is 76.3 Å². The molecule has 3 aromatic heterocycles. The highest BCUT2D eigenvalue weighted by atomic mass is 16.3. The van der Waals surface area contributed by atoms with E-state index in [-0.39, 0.29) is 10.8 Å². The molecule has 246 valence electrons. The third-order valence-electron chi connectivity index (χ3n) is 12.1. The minimum absolute atomic E-state index is 0.107. The van der Waals surface area contributed by atoms with E-state index in [4.69, 9.17) is 4.42 Å². The molecular weight excluding hydrogens is 621 g/mol.